The molecule has 1 aliphatic carbocycles. The van der Waals surface area contributed by atoms with Crippen LogP contribution in [0.5, 0.6) is 0 Å². The van der Waals surface area contributed by atoms with Crippen LogP contribution in [0, 0.1) is 5.92 Å². The van der Waals surface area contributed by atoms with E-state index in [1.807, 2.05) is 28.0 Å². The Morgan fingerprint density at radius 3 is 2.67 bits per heavy atom. The molecule has 0 N–H and O–H groups in total. The quantitative estimate of drug-likeness (QED) is 0.845. The molecule has 1 aromatic carbocycles. The monoisotopic (exact) mass is 327 g/mol. The van der Waals surface area contributed by atoms with Crippen molar-refractivity contribution in [2.75, 3.05) is 44.2 Å². The van der Waals surface area contributed by atoms with Crippen molar-refractivity contribution in [2.45, 2.75) is 25.7 Å². The number of anilines is 1. The fraction of sp³-hybridized carbons (Fsp3) is 0.579. The van der Waals surface area contributed by atoms with Crippen LogP contribution in [0.2, 0.25) is 0 Å². The Morgan fingerprint density at radius 2 is 1.83 bits per heavy atom. The van der Waals surface area contributed by atoms with E-state index in [0.29, 0.717) is 18.4 Å². The first-order valence-electron chi connectivity index (χ1n) is 9.12. The van der Waals surface area contributed by atoms with Gasteiger partial charge in [0.2, 0.25) is 11.8 Å². The number of fused-ring (bicyclic) bond motifs is 1. The fourth-order valence-electron chi connectivity index (χ4n) is 3.81. The maximum absolute atomic E-state index is 12.7. The molecule has 2 aliphatic heterocycles. The second-order valence-electron chi connectivity index (χ2n) is 7.15. The third kappa shape index (κ3) is 3.18. The lowest BCUT2D eigenvalue weighted by atomic mass is 10.2. The Balaban J connectivity index is 1.34. The van der Waals surface area contributed by atoms with Crippen LogP contribution in [0.3, 0.4) is 0 Å². The Labute approximate surface area is 143 Å². The normalized spacial score (nSPS) is 21.5. The van der Waals surface area contributed by atoms with E-state index in [9.17, 15) is 9.59 Å². The van der Waals surface area contributed by atoms with E-state index in [-0.39, 0.29) is 5.91 Å². The summed E-state index contributed by atoms with van der Waals surface area (Å²) in [5.74, 6) is 0.804. The average molecular weight is 327 g/mol. The highest BCUT2D eigenvalue weighted by atomic mass is 16.2. The van der Waals surface area contributed by atoms with Gasteiger partial charge in [-0.05, 0) is 37.3 Å². The largest absolute Gasteiger partial charge is 0.341 e. The third-order valence-corrected chi connectivity index (χ3v) is 5.37. The summed E-state index contributed by atoms with van der Waals surface area (Å²) >= 11 is 0. The van der Waals surface area contributed by atoms with E-state index < -0.39 is 0 Å². The van der Waals surface area contributed by atoms with Crippen molar-refractivity contribution in [1.29, 1.82) is 0 Å². The van der Waals surface area contributed by atoms with Gasteiger partial charge < -0.3 is 9.80 Å². The second kappa shape index (κ2) is 6.55. The van der Waals surface area contributed by atoms with Crippen molar-refractivity contribution in [3.05, 3.63) is 29.8 Å². The summed E-state index contributed by atoms with van der Waals surface area (Å²) in [6.07, 6.45) is 4.03. The molecule has 1 aromatic rings. The number of hydrogen-bond acceptors (Lipinski definition) is 3. The van der Waals surface area contributed by atoms with Gasteiger partial charge in [-0.15, -0.1) is 0 Å². The fourth-order valence-corrected chi connectivity index (χ4v) is 3.81. The minimum Gasteiger partial charge on any atom is -0.341 e. The molecule has 0 spiro atoms. The molecule has 0 atom stereocenters. The van der Waals surface area contributed by atoms with Gasteiger partial charge in [0.1, 0.15) is 0 Å². The highest BCUT2D eigenvalue weighted by Crippen LogP contribution is 2.31. The van der Waals surface area contributed by atoms with Crippen LogP contribution >= 0.6 is 0 Å². The summed E-state index contributed by atoms with van der Waals surface area (Å²) in [4.78, 5) is 31.1. The topological polar surface area (TPSA) is 43.9 Å². The molecular formula is C19H25N3O2. The van der Waals surface area contributed by atoms with Crippen LogP contribution < -0.4 is 4.90 Å². The van der Waals surface area contributed by atoms with E-state index in [0.717, 1.165) is 64.1 Å². The number of amides is 2. The van der Waals surface area contributed by atoms with E-state index in [1.165, 1.54) is 5.56 Å². The lowest BCUT2D eigenvalue weighted by Gasteiger charge is -2.24. The minimum atomic E-state index is 0.182. The zero-order valence-electron chi connectivity index (χ0n) is 14.1. The van der Waals surface area contributed by atoms with Crippen molar-refractivity contribution in [3.63, 3.8) is 0 Å². The third-order valence-electron chi connectivity index (χ3n) is 5.37. The van der Waals surface area contributed by atoms with Gasteiger partial charge in [-0.1, -0.05) is 18.2 Å². The first-order chi connectivity index (χ1) is 11.7. The van der Waals surface area contributed by atoms with Gasteiger partial charge in [0.15, 0.2) is 0 Å². The molecule has 1 saturated carbocycles. The molecule has 5 heteroatoms. The molecule has 2 amide bonds. The van der Waals surface area contributed by atoms with E-state index in [2.05, 4.69) is 11.0 Å². The van der Waals surface area contributed by atoms with E-state index in [4.69, 9.17) is 0 Å². The Bertz CT molecular complexity index is 641. The maximum atomic E-state index is 12.7. The molecule has 128 valence electrons. The van der Waals surface area contributed by atoms with Gasteiger partial charge in [0.05, 0.1) is 6.54 Å². The van der Waals surface area contributed by atoms with Crippen LogP contribution in [0.25, 0.3) is 0 Å². The number of carbonyl (C=O) groups is 2. The van der Waals surface area contributed by atoms with E-state index >= 15 is 0 Å². The van der Waals surface area contributed by atoms with Gasteiger partial charge in [-0.2, -0.15) is 0 Å². The summed E-state index contributed by atoms with van der Waals surface area (Å²) < 4.78 is 0. The number of benzene rings is 1. The van der Waals surface area contributed by atoms with Gasteiger partial charge >= 0.3 is 0 Å². The first kappa shape index (κ1) is 15.6. The summed E-state index contributed by atoms with van der Waals surface area (Å²) in [7, 11) is 0. The molecule has 0 radical (unpaired) electrons. The van der Waals surface area contributed by atoms with Crippen LogP contribution in [-0.2, 0) is 16.0 Å². The maximum Gasteiger partial charge on any atom is 0.241 e. The predicted molar refractivity (Wildman–Crippen MR) is 92.9 cm³/mol. The molecule has 24 heavy (non-hydrogen) atoms. The SMILES string of the molecule is O=C(C1CC1)N1CCCN(CC(=O)N2CCc3ccccc32)CC1. The molecule has 1 saturated heterocycles. The van der Waals surface area contributed by atoms with Crippen molar-refractivity contribution in [3.8, 4) is 0 Å². The Hall–Kier alpha value is -1.88. The van der Waals surface area contributed by atoms with E-state index in [1.54, 1.807) is 0 Å². The van der Waals surface area contributed by atoms with Crippen LogP contribution in [0.15, 0.2) is 24.3 Å². The summed E-state index contributed by atoms with van der Waals surface area (Å²) in [5, 5.41) is 0. The lowest BCUT2D eigenvalue weighted by molar-refractivity contribution is -0.132. The number of nitrogens with zero attached hydrogens (tertiary/aromatic N) is 3. The van der Waals surface area contributed by atoms with Gasteiger partial charge in [0, 0.05) is 44.3 Å². The molecule has 0 unspecified atom stereocenters. The first-order valence-corrected chi connectivity index (χ1v) is 9.12. The lowest BCUT2D eigenvalue weighted by Crippen LogP contribution is -2.41. The summed E-state index contributed by atoms with van der Waals surface area (Å²) in [6.45, 7) is 4.55. The Morgan fingerprint density at radius 1 is 1.00 bits per heavy atom. The van der Waals surface area contributed by atoms with Crippen LogP contribution in [0.4, 0.5) is 5.69 Å². The number of carbonyl (C=O) groups excluding carboxylic acids is 2. The predicted octanol–water partition coefficient (Wildman–Crippen LogP) is 1.52. The molecule has 4 rings (SSSR count). The zero-order chi connectivity index (χ0) is 16.5. The number of para-hydroxylation sites is 1. The summed E-state index contributed by atoms with van der Waals surface area (Å²) in [5.41, 5.74) is 2.34. The molecule has 2 heterocycles. The van der Waals surface area contributed by atoms with Crippen molar-refractivity contribution in [2.24, 2.45) is 5.92 Å². The Kier molecular flexibility index (Phi) is 4.27. The van der Waals surface area contributed by atoms with Gasteiger partial charge in [-0.25, -0.2) is 0 Å². The highest BCUT2D eigenvalue weighted by molar-refractivity contribution is 5.96. The molecule has 0 bridgehead atoms. The second-order valence-corrected chi connectivity index (χ2v) is 7.15. The standard InChI is InChI=1S/C19H25N3O2/c23-18(22-11-8-15-4-1-2-5-17(15)22)14-20-9-3-10-21(13-12-20)19(24)16-6-7-16/h1-2,4-5,16H,3,6-14H2. The van der Waals surface area contributed by atoms with Crippen molar-refractivity contribution < 1.29 is 9.59 Å². The highest BCUT2D eigenvalue weighted by Gasteiger charge is 2.34. The molecular weight excluding hydrogens is 302 g/mol. The van der Waals surface area contributed by atoms with Crippen LogP contribution in [0.1, 0.15) is 24.8 Å². The van der Waals surface area contributed by atoms with Crippen molar-refractivity contribution >= 4 is 17.5 Å². The van der Waals surface area contributed by atoms with Gasteiger partial charge in [0.25, 0.3) is 0 Å². The minimum absolute atomic E-state index is 0.182. The van der Waals surface area contributed by atoms with Crippen LogP contribution in [-0.4, -0.2) is 60.9 Å². The van der Waals surface area contributed by atoms with Crippen molar-refractivity contribution in [1.82, 2.24) is 9.80 Å². The molecule has 0 aromatic heterocycles. The van der Waals surface area contributed by atoms with Gasteiger partial charge in [-0.3, -0.25) is 14.5 Å². The molecule has 3 aliphatic rings. The number of hydrogen-bond donors (Lipinski definition) is 0. The molecule has 2 fully saturated rings. The zero-order valence-corrected chi connectivity index (χ0v) is 14.1. The smallest absolute Gasteiger partial charge is 0.241 e. The summed E-state index contributed by atoms with van der Waals surface area (Å²) in [6, 6.07) is 8.18. The average Bonchev–Trinajstić information content (AvgIpc) is 3.38. The molecule has 5 nitrogen and oxygen atoms in total. The number of rotatable bonds is 3.